The first kappa shape index (κ1) is 12.6. The lowest BCUT2D eigenvalue weighted by Gasteiger charge is -1.95. The van der Waals surface area contributed by atoms with Crippen LogP contribution in [0, 0.1) is 21.4 Å². The highest BCUT2D eigenvalue weighted by Gasteiger charge is 2.24. The Kier molecular flexibility index (Phi) is 3.36. The molecule has 0 aliphatic rings. The van der Waals surface area contributed by atoms with Crippen molar-refractivity contribution < 1.29 is 4.92 Å². The average molecular weight is 327 g/mol. The van der Waals surface area contributed by atoms with Gasteiger partial charge in [-0.2, -0.15) is 5.26 Å². The van der Waals surface area contributed by atoms with Gasteiger partial charge in [0.15, 0.2) is 5.69 Å². The van der Waals surface area contributed by atoms with Crippen molar-refractivity contribution in [3.05, 3.63) is 49.4 Å². The van der Waals surface area contributed by atoms with Crippen molar-refractivity contribution in [1.82, 2.24) is 4.98 Å². The third-order valence-electron chi connectivity index (χ3n) is 2.35. The van der Waals surface area contributed by atoms with Gasteiger partial charge in [0.2, 0.25) is 0 Å². The predicted octanol–water partition coefficient (Wildman–Crippen LogP) is 3.88. The molecular formula is C11H5BrClN3O2. The fourth-order valence-corrected chi connectivity index (χ4v) is 2.18. The third-order valence-corrected chi connectivity index (χ3v) is 3.37. The van der Waals surface area contributed by atoms with Gasteiger partial charge in [0, 0.05) is 10.6 Å². The van der Waals surface area contributed by atoms with Crippen LogP contribution in [0.1, 0.15) is 5.56 Å². The molecule has 0 radical (unpaired) electrons. The summed E-state index contributed by atoms with van der Waals surface area (Å²) in [5.74, 6) is -0.239. The summed E-state index contributed by atoms with van der Waals surface area (Å²) in [5.41, 5.74) is 1.25. The van der Waals surface area contributed by atoms with Crippen molar-refractivity contribution in [1.29, 1.82) is 5.26 Å². The molecule has 5 nitrogen and oxygen atoms in total. The molecule has 0 atom stereocenters. The van der Waals surface area contributed by atoms with Gasteiger partial charge in [-0.3, -0.25) is 0 Å². The van der Waals surface area contributed by atoms with E-state index in [2.05, 4.69) is 20.9 Å². The number of aromatic nitrogens is 1. The van der Waals surface area contributed by atoms with Crippen molar-refractivity contribution in [3.8, 4) is 17.3 Å². The van der Waals surface area contributed by atoms with Crippen LogP contribution in [0.25, 0.3) is 11.3 Å². The Morgan fingerprint density at radius 1 is 1.39 bits per heavy atom. The van der Waals surface area contributed by atoms with E-state index in [1.807, 2.05) is 6.07 Å². The number of nitro groups is 1. The minimum absolute atomic E-state index is 0.153. The van der Waals surface area contributed by atoms with E-state index < -0.39 is 4.92 Å². The second-order valence-electron chi connectivity index (χ2n) is 3.41. The minimum Gasteiger partial charge on any atom is -0.358 e. The Labute approximate surface area is 115 Å². The van der Waals surface area contributed by atoms with Gasteiger partial charge in [0.25, 0.3) is 0 Å². The highest BCUT2D eigenvalue weighted by atomic mass is 79.9. The van der Waals surface area contributed by atoms with E-state index in [1.54, 1.807) is 24.3 Å². The van der Waals surface area contributed by atoms with E-state index in [4.69, 9.17) is 16.9 Å². The zero-order valence-corrected chi connectivity index (χ0v) is 11.1. The molecule has 0 bridgehead atoms. The maximum absolute atomic E-state index is 10.8. The zero-order chi connectivity index (χ0) is 13.3. The van der Waals surface area contributed by atoms with Crippen LogP contribution in [0.4, 0.5) is 5.82 Å². The van der Waals surface area contributed by atoms with Gasteiger partial charge < -0.3 is 10.1 Å². The lowest BCUT2D eigenvalue weighted by molar-refractivity contribution is -0.389. The number of H-pyrrole nitrogens is 1. The van der Waals surface area contributed by atoms with Gasteiger partial charge in [-0.15, -0.1) is 0 Å². The molecule has 2 aromatic rings. The summed E-state index contributed by atoms with van der Waals surface area (Å²) in [6.07, 6.45) is 0. The number of benzene rings is 1. The SMILES string of the molecule is N#Cc1c(-c2ccc(Cl)cc2)[nH]c([N+](=O)[O-])c1Br. The van der Waals surface area contributed by atoms with Gasteiger partial charge in [0.05, 0.1) is 0 Å². The largest absolute Gasteiger partial charge is 0.358 e. The van der Waals surface area contributed by atoms with E-state index >= 15 is 0 Å². The summed E-state index contributed by atoms with van der Waals surface area (Å²) in [6, 6.07) is 8.61. The van der Waals surface area contributed by atoms with Gasteiger partial charge in [-0.05, 0) is 45.1 Å². The standard InChI is InChI=1S/C11H5BrClN3O2/c12-9-8(5-14)10(15-11(9)16(17)18)6-1-3-7(13)4-2-6/h1-4,15H. The maximum atomic E-state index is 10.8. The van der Waals surface area contributed by atoms with Crippen molar-refractivity contribution >= 4 is 33.3 Å². The number of rotatable bonds is 2. The minimum atomic E-state index is -0.579. The van der Waals surface area contributed by atoms with Crippen molar-refractivity contribution in [2.75, 3.05) is 0 Å². The van der Waals surface area contributed by atoms with Crippen molar-refractivity contribution in [3.63, 3.8) is 0 Å². The Morgan fingerprint density at radius 2 is 2.00 bits per heavy atom. The monoisotopic (exact) mass is 325 g/mol. The van der Waals surface area contributed by atoms with Gasteiger partial charge in [0.1, 0.15) is 16.1 Å². The smallest absolute Gasteiger partial charge is 0.337 e. The second-order valence-corrected chi connectivity index (χ2v) is 4.64. The number of hydrogen-bond acceptors (Lipinski definition) is 3. The highest BCUT2D eigenvalue weighted by Crippen LogP contribution is 2.35. The van der Waals surface area contributed by atoms with Crippen LogP contribution in [-0.4, -0.2) is 9.91 Å². The summed E-state index contributed by atoms with van der Waals surface area (Å²) in [5, 5.41) is 20.4. The first-order chi connectivity index (χ1) is 8.54. The zero-order valence-electron chi connectivity index (χ0n) is 8.78. The molecule has 2 rings (SSSR count). The molecule has 1 aromatic carbocycles. The van der Waals surface area contributed by atoms with Gasteiger partial charge in [-0.1, -0.05) is 11.6 Å². The molecule has 1 heterocycles. The fourth-order valence-electron chi connectivity index (χ4n) is 1.53. The van der Waals surface area contributed by atoms with Gasteiger partial charge in [-0.25, -0.2) is 4.98 Å². The number of halogens is 2. The normalized spacial score (nSPS) is 10.1. The Hall–Kier alpha value is -1.84. The van der Waals surface area contributed by atoms with E-state index in [0.717, 1.165) is 0 Å². The van der Waals surface area contributed by atoms with Crippen molar-refractivity contribution in [2.45, 2.75) is 0 Å². The third kappa shape index (κ3) is 2.10. The first-order valence-electron chi connectivity index (χ1n) is 4.76. The fraction of sp³-hybridized carbons (Fsp3) is 0. The van der Waals surface area contributed by atoms with Crippen LogP contribution in [0.2, 0.25) is 5.02 Å². The number of hydrogen-bond donors (Lipinski definition) is 1. The molecule has 0 amide bonds. The van der Waals surface area contributed by atoms with Crippen LogP contribution in [0.5, 0.6) is 0 Å². The summed E-state index contributed by atoms with van der Waals surface area (Å²) >= 11 is 8.82. The predicted molar refractivity (Wildman–Crippen MR) is 70.3 cm³/mol. The highest BCUT2D eigenvalue weighted by molar-refractivity contribution is 9.10. The van der Waals surface area contributed by atoms with E-state index in [0.29, 0.717) is 16.3 Å². The Balaban J connectivity index is 2.65. The average Bonchev–Trinajstić information content (AvgIpc) is 2.67. The number of nitrogens with one attached hydrogen (secondary N) is 1. The summed E-state index contributed by atoms with van der Waals surface area (Å²) in [6.45, 7) is 0. The molecular weight excluding hydrogens is 321 g/mol. The molecule has 0 saturated heterocycles. The van der Waals surface area contributed by atoms with E-state index in [-0.39, 0.29) is 15.9 Å². The molecule has 0 fully saturated rings. The number of aromatic amines is 1. The maximum Gasteiger partial charge on any atom is 0.337 e. The summed E-state index contributed by atoms with van der Waals surface area (Å²) < 4.78 is 0.153. The molecule has 1 aromatic heterocycles. The molecule has 0 saturated carbocycles. The molecule has 0 aliphatic carbocycles. The topological polar surface area (TPSA) is 82.7 Å². The Morgan fingerprint density at radius 3 is 2.50 bits per heavy atom. The Bertz CT molecular complexity index is 658. The number of nitriles is 1. The van der Waals surface area contributed by atoms with E-state index in [9.17, 15) is 10.1 Å². The van der Waals surface area contributed by atoms with Crippen LogP contribution >= 0.6 is 27.5 Å². The molecule has 18 heavy (non-hydrogen) atoms. The number of nitrogens with zero attached hydrogens (tertiary/aromatic N) is 2. The van der Waals surface area contributed by atoms with Crippen molar-refractivity contribution in [2.24, 2.45) is 0 Å². The summed E-state index contributed by atoms with van der Waals surface area (Å²) in [7, 11) is 0. The second kappa shape index (κ2) is 4.80. The van der Waals surface area contributed by atoms with Crippen LogP contribution in [-0.2, 0) is 0 Å². The first-order valence-corrected chi connectivity index (χ1v) is 5.93. The molecule has 7 heteroatoms. The lowest BCUT2D eigenvalue weighted by atomic mass is 10.1. The van der Waals surface area contributed by atoms with Crippen LogP contribution < -0.4 is 0 Å². The molecule has 0 spiro atoms. The molecule has 90 valence electrons. The molecule has 0 aliphatic heterocycles. The summed E-state index contributed by atoms with van der Waals surface area (Å²) in [4.78, 5) is 12.8. The quantitative estimate of drug-likeness (QED) is 0.671. The molecule has 1 N–H and O–H groups in total. The van der Waals surface area contributed by atoms with Crippen LogP contribution in [0.15, 0.2) is 28.7 Å². The van der Waals surface area contributed by atoms with Crippen LogP contribution in [0.3, 0.4) is 0 Å². The van der Waals surface area contributed by atoms with Gasteiger partial charge >= 0.3 is 5.82 Å². The van der Waals surface area contributed by atoms with E-state index in [1.165, 1.54) is 0 Å². The molecule has 0 unspecified atom stereocenters. The lowest BCUT2D eigenvalue weighted by Crippen LogP contribution is -1.88.